The highest BCUT2D eigenvalue weighted by Crippen LogP contribution is 2.41. The van der Waals surface area contributed by atoms with Crippen LogP contribution in [0, 0.1) is 0 Å². The van der Waals surface area contributed by atoms with Crippen molar-refractivity contribution in [2.75, 3.05) is 23.8 Å². The van der Waals surface area contributed by atoms with E-state index in [0.29, 0.717) is 18.0 Å². The lowest BCUT2D eigenvalue weighted by Crippen LogP contribution is -2.38. The third kappa shape index (κ3) is 7.37. The summed E-state index contributed by atoms with van der Waals surface area (Å²) in [6.07, 6.45) is 4.76. The molecule has 6 rings (SSSR count). The molecule has 45 heavy (non-hydrogen) atoms. The zero-order valence-electron chi connectivity index (χ0n) is 26.8. The molecule has 0 bridgehead atoms. The molecule has 0 fully saturated rings. The van der Waals surface area contributed by atoms with E-state index in [2.05, 4.69) is 72.8 Å². The van der Waals surface area contributed by atoms with Crippen molar-refractivity contribution in [3.8, 4) is 0 Å². The van der Waals surface area contributed by atoms with Gasteiger partial charge in [-0.15, -0.1) is 0 Å². The van der Waals surface area contributed by atoms with Gasteiger partial charge in [0.25, 0.3) is 0 Å². The number of carbonyl (C=O) groups excluding carboxylic acids is 1. The number of aromatic nitrogens is 4. The number of aromatic carboxylic acids is 1. The third-order valence-corrected chi connectivity index (χ3v) is 7.84. The second-order valence-corrected chi connectivity index (χ2v) is 12.2. The van der Waals surface area contributed by atoms with Crippen LogP contribution in [0.15, 0.2) is 73.1 Å². The highest BCUT2D eigenvalue weighted by Gasteiger charge is 2.38. The molecule has 4 N–H and O–H groups in total. The topological polar surface area (TPSA) is 144 Å². The molecule has 2 aliphatic heterocycles. The van der Waals surface area contributed by atoms with Gasteiger partial charge in [0, 0.05) is 6.61 Å². The Morgan fingerprint density at radius 1 is 0.800 bits per heavy atom. The highest BCUT2D eigenvalue weighted by molar-refractivity contribution is 5.95. The Kier molecular flexibility index (Phi) is 10.3. The number of nitrogens with zero attached hydrogens (tertiary/aromatic N) is 4. The summed E-state index contributed by atoms with van der Waals surface area (Å²) in [7, 11) is 0. The van der Waals surface area contributed by atoms with Gasteiger partial charge in [-0.2, -0.15) is 10.2 Å². The Labute approximate surface area is 264 Å². The molecule has 2 unspecified atom stereocenters. The van der Waals surface area contributed by atoms with E-state index in [9.17, 15) is 14.7 Å². The Balaban J connectivity index is 0.000000189. The summed E-state index contributed by atoms with van der Waals surface area (Å²) in [5.74, 6) is 0.0372. The summed E-state index contributed by atoms with van der Waals surface area (Å²) >= 11 is 0. The number of benzene rings is 2. The maximum atomic E-state index is 12.1. The molecule has 11 nitrogen and oxygen atoms in total. The lowest BCUT2D eigenvalue weighted by atomic mass is 9.89. The fourth-order valence-electron chi connectivity index (χ4n) is 5.78. The lowest BCUT2D eigenvalue weighted by molar-refractivity contribution is 0.0526. The zero-order chi connectivity index (χ0) is 32.8. The number of carboxylic acids is 1. The van der Waals surface area contributed by atoms with Gasteiger partial charge in [-0.25, -0.2) is 19.0 Å². The Morgan fingerprint density at radius 2 is 1.20 bits per heavy atom. The van der Waals surface area contributed by atoms with E-state index in [1.807, 2.05) is 41.1 Å². The van der Waals surface area contributed by atoms with E-state index in [4.69, 9.17) is 9.84 Å². The number of nitrogens with one attached hydrogen (secondary N) is 2. The summed E-state index contributed by atoms with van der Waals surface area (Å²) in [6, 6.07) is 20.6. The van der Waals surface area contributed by atoms with Gasteiger partial charge in [-0.1, -0.05) is 60.7 Å². The highest BCUT2D eigenvalue weighted by atomic mass is 16.5. The maximum absolute atomic E-state index is 12.1. The van der Waals surface area contributed by atoms with Gasteiger partial charge in [-0.3, -0.25) is 0 Å². The van der Waals surface area contributed by atoms with Crippen molar-refractivity contribution in [1.82, 2.24) is 19.6 Å². The van der Waals surface area contributed by atoms with Crippen molar-refractivity contribution in [2.45, 2.75) is 77.5 Å². The molecule has 2 aliphatic rings. The molecule has 0 aliphatic carbocycles. The number of hydrogen-bond donors (Lipinski definition) is 4. The number of ether oxygens (including phenoxy) is 1. The molecule has 0 radical (unpaired) electrons. The predicted molar refractivity (Wildman–Crippen MR) is 174 cm³/mol. The Morgan fingerprint density at radius 3 is 1.60 bits per heavy atom. The quantitative estimate of drug-likeness (QED) is 0.192. The number of fused-ring (bicyclic) bond motifs is 2. The van der Waals surface area contributed by atoms with Crippen LogP contribution in [0.2, 0.25) is 0 Å². The van der Waals surface area contributed by atoms with Gasteiger partial charge in [0.2, 0.25) is 0 Å². The average Bonchev–Trinajstić information content (AvgIpc) is 3.65. The zero-order valence-corrected chi connectivity index (χ0v) is 26.8. The SMILES string of the molecule is CC1(C)CC(c2ccccc2)Nc2c(C(=O)O)cnn21.CCO.CCOC(=O)c1cnn2c1NC(c1ccccc1)CC2(C)C. The summed E-state index contributed by atoms with van der Waals surface area (Å²) in [6.45, 7) is 12.5. The number of anilines is 2. The molecule has 2 aromatic carbocycles. The molecule has 240 valence electrons. The fourth-order valence-corrected chi connectivity index (χ4v) is 5.78. The molecule has 0 spiro atoms. The molecule has 2 atom stereocenters. The first-order valence-electron chi connectivity index (χ1n) is 15.2. The summed E-state index contributed by atoms with van der Waals surface area (Å²) < 4.78 is 8.79. The van der Waals surface area contributed by atoms with E-state index < -0.39 is 5.97 Å². The van der Waals surface area contributed by atoms with Crippen molar-refractivity contribution >= 4 is 23.6 Å². The largest absolute Gasteiger partial charge is 0.477 e. The number of esters is 1. The van der Waals surface area contributed by atoms with E-state index in [-0.39, 0.29) is 41.3 Å². The molecule has 2 aromatic heterocycles. The number of carbonyl (C=O) groups is 2. The maximum Gasteiger partial charge on any atom is 0.343 e. The normalized spacial score (nSPS) is 18.6. The molecule has 4 aromatic rings. The van der Waals surface area contributed by atoms with Gasteiger partial charge in [0.15, 0.2) is 0 Å². The van der Waals surface area contributed by atoms with Crippen LogP contribution in [0.25, 0.3) is 0 Å². The minimum Gasteiger partial charge on any atom is -0.477 e. The number of hydrogen-bond acceptors (Lipinski definition) is 8. The first kappa shape index (κ1) is 33.3. The minimum atomic E-state index is -0.955. The van der Waals surface area contributed by atoms with Crippen LogP contribution in [-0.2, 0) is 15.8 Å². The van der Waals surface area contributed by atoms with Gasteiger partial charge in [-0.05, 0) is 65.5 Å². The van der Waals surface area contributed by atoms with Crippen molar-refractivity contribution in [3.05, 3.63) is 95.3 Å². The monoisotopic (exact) mass is 616 g/mol. The van der Waals surface area contributed by atoms with Crippen LogP contribution >= 0.6 is 0 Å². The molecule has 11 heteroatoms. The summed E-state index contributed by atoms with van der Waals surface area (Å²) in [5.41, 5.74) is 2.68. The lowest BCUT2D eigenvalue weighted by Gasteiger charge is -2.38. The predicted octanol–water partition coefficient (Wildman–Crippen LogP) is 6.22. The summed E-state index contributed by atoms with van der Waals surface area (Å²) in [4.78, 5) is 23.4. The average molecular weight is 617 g/mol. The van der Waals surface area contributed by atoms with Gasteiger partial charge in [0.05, 0.1) is 42.2 Å². The van der Waals surface area contributed by atoms with E-state index in [1.165, 1.54) is 11.8 Å². The van der Waals surface area contributed by atoms with E-state index in [0.717, 1.165) is 24.2 Å². The molecule has 0 amide bonds. The van der Waals surface area contributed by atoms with E-state index in [1.54, 1.807) is 24.7 Å². The van der Waals surface area contributed by atoms with Crippen molar-refractivity contribution in [3.63, 3.8) is 0 Å². The van der Waals surface area contributed by atoms with Crippen molar-refractivity contribution in [1.29, 1.82) is 0 Å². The smallest absolute Gasteiger partial charge is 0.343 e. The third-order valence-electron chi connectivity index (χ3n) is 7.84. The fraction of sp³-hybridized carbons (Fsp3) is 0.412. The molecule has 0 saturated carbocycles. The first-order chi connectivity index (χ1) is 21.4. The van der Waals surface area contributed by atoms with Gasteiger partial charge in [0.1, 0.15) is 22.8 Å². The standard InChI is InChI=1S/C17H21N3O2.C15H17N3O2.C2H6O/c1-4-22-16(21)13-11-18-20-15(13)19-14(10-17(20,2)3)12-8-6-5-7-9-12;1-15(2)8-12(10-6-4-3-5-7-10)17-13-11(14(19)20)9-16-18(13)15;1-2-3/h5-9,11,14,19H,4,10H2,1-3H3;3-7,9,12,17H,8H2,1-2H3,(H,19,20);3H,2H2,1H3. The number of rotatable bonds is 5. The molecular formula is C34H44N6O5. The first-order valence-corrected chi connectivity index (χ1v) is 15.2. The number of aliphatic hydroxyl groups excluding tert-OH is 1. The molecule has 0 saturated heterocycles. The van der Waals surface area contributed by atoms with Gasteiger partial charge >= 0.3 is 11.9 Å². The summed E-state index contributed by atoms with van der Waals surface area (Å²) in [5, 5.41) is 32.2. The van der Waals surface area contributed by atoms with Crippen LogP contribution in [0.1, 0.15) is 98.3 Å². The van der Waals surface area contributed by atoms with Crippen molar-refractivity contribution in [2.24, 2.45) is 0 Å². The number of aliphatic hydroxyl groups is 1. The Hall–Kier alpha value is -4.64. The van der Waals surface area contributed by atoms with Gasteiger partial charge < -0.3 is 25.6 Å². The molecular weight excluding hydrogens is 572 g/mol. The van der Waals surface area contributed by atoms with Crippen LogP contribution in [0.3, 0.4) is 0 Å². The minimum absolute atomic E-state index is 0.0912. The van der Waals surface area contributed by atoms with Crippen LogP contribution in [0.4, 0.5) is 11.6 Å². The van der Waals surface area contributed by atoms with Crippen molar-refractivity contribution < 1.29 is 24.5 Å². The van der Waals surface area contributed by atoms with Crippen LogP contribution in [-0.4, -0.2) is 54.9 Å². The number of carboxylic acid groups (broad SMARTS) is 1. The second kappa shape index (κ2) is 14.0. The second-order valence-electron chi connectivity index (χ2n) is 12.2. The van der Waals surface area contributed by atoms with Crippen LogP contribution in [0.5, 0.6) is 0 Å². The van der Waals surface area contributed by atoms with Crippen LogP contribution < -0.4 is 10.6 Å². The Bertz CT molecular complexity index is 1580. The van der Waals surface area contributed by atoms with E-state index >= 15 is 0 Å². The molecule has 4 heterocycles.